The SMILES string of the molecule is CC(C)CCCCCc1c(N)nc(N)nc1Cl. The number of hydrogen-bond acceptors (Lipinski definition) is 4. The summed E-state index contributed by atoms with van der Waals surface area (Å²) in [6, 6.07) is 0. The summed E-state index contributed by atoms with van der Waals surface area (Å²) in [5.74, 6) is 1.31. The fraction of sp³-hybridized carbons (Fsp3) is 0.667. The van der Waals surface area contributed by atoms with Gasteiger partial charge >= 0.3 is 0 Å². The number of rotatable bonds is 6. The van der Waals surface area contributed by atoms with Gasteiger partial charge in [0.1, 0.15) is 11.0 Å². The van der Waals surface area contributed by atoms with E-state index in [1.165, 1.54) is 19.3 Å². The van der Waals surface area contributed by atoms with Crippen LogP contribution in [0.2, 0.25) is 5.15 Å². The van der Waals surface area contributed by atoms with Gasteiger partial charge in [-0.15, -0.1) is 0 Å². The molecule has 0 saturated carbocycles. The van der Waals surface area contributed by atoms with Gasteiger partial charge in [0, 0.05) is 5.56 Å². The van der Waals surface area contributed by atoms with E-state index in [0.717, 1.165) is 24.3 Å². The normalized spacial score (nSPS) is 11.1. The Morgan fingerprint density at radius 3 is 2.41 bits per heavy atom. The Morgan fingerprint density at radius 1 is 1.12 bits per heavy atom. The van der Waals surface area contributed by atoms with Crippen LogP contribution in [0.5, 0.6) is 0 Å². The number of nitrogen functional groups attached to an aromatic ring is 2. The van der Waals surface area contributed by atoms with Crippen LogP contribution in [-0.2, 0) is 6.42 Å². The Bertz CT molecular complexity index is 343. The lowest BCUT2D eigenvalue weighted by Crippen LogP contribution is -2.05. The first-order valence-corrected chi connectivity index (χ1v) is 6.46. The zero-order valence-electron chi connectivity index (χ0n) is 10.5. The fourth-order valence-corrected chi connectivity index (χ4v) is 2.03. The average Bonchev–Trinajstić information content (AvgIpc) is 2.20. The van der Waals surface area contributed by atoms with Gasteiger partial charge in [-0.2, -0.15) is 4.98 Å². The predicted octanol–water partition coefficient (Wildman–Crippen LogP) is 3.05. The zero-order valence-corrected chi connectivity index (χ0v) is 11.3. The van der Waals surface area contributed by atoms with Gasteiger partial charge in [0.05, 0.1) is 0 Å². The monoisotopic (exact) mass is 256 g/mol. The van der Waals surface area contributed by atoms with Crippen molar-refractivity contribution in [2.24, 2.45) is 5.92 Å². The highest BCUT2D eigenvalue weighted by molar-refractivity contribution is 6.30. The molecule has 0 aliphatic rings. The van der Waals surface area contributed by atoms with Crippen molar-refractivity contribution in [3.63, 3.8) is 0 Å². The van der Waals surface area contributed by atoms with Crippen LogP contribution in [0.15, 0.2) is 0 Å². The quantitative estimate of drug-likeness (QED) is 0.606. The van der Waals surface area contributed by atoms with Crippen molar-refractivity contribution in [2.45, 2.75) is 46.0 Å². The van der Waals surface area contributed by atoms with E-state index < -0.39 is 0 Å². The van der Waals surface area contributed by atoms with E-state index in [9.17, 15) is 0 Å². The summed E-state index contributed by atoms with van der Waals surface area (Å²) in [4.78, 5) is 7.84. The van der Waals surface area contributed by atoms with Crippen molar-refractivity contribution < 1.29 is 0 Å². The summed E-state index contributed by atoms with van der Waals surface area (Å²) in [7, 11) is 0. The van der Waals surface area contributed by atoms with E-state index in [4.69, 9.17) is 23.1 Å². The Balaban J connectivity index is 2.42. The molecule has 0 aliphatic heterocycles. The zero-order chi connectivity index (χ0) is 12.8. The Hall–Kier alpha value is -1.03. The number of nitrogens with two attached hydrogens (primary N) is 2. The highest BCUT2D eigenvalue weighted by Gasteiger charge is 2.09. The number of hydrogen-bond donors (Lipinski definition) is 2. The van der Waals surface area contributed by atoms with Crippen LogP contribution in [-0.4, -0.2) is 9.97 Å². The van der Waals surface area contributed by atoms with Crippen LogP contribution in [0, 0.1) is 5.92 Å². The molecule has 4 nitrogen and oxygen atoms in total. The lowest BCUT2D eigenvalue weighted by atomic mass is 10.0. The van der Waals surface area contributed by atoms with Crippen molar-refractivity contribution in [3.8, 4) is 0 Å². The second kappa shape index (κ2) is 6.64. The maximum Gasteiger partial charge on any atom is 0.223 e. The van der Waals surface area contributed by atoms with E-state index in [1.807, 2.05) is 0 Å². The minimum atomic E-state index is 0.135. The largest absolute Gasteiger partial charge is 0.383 e. The van der Waals surface area contributed by atoms with Gasteiger partial charge in [0.2, 0.25) is 5.95 Å². The van der Waals surface area contributed by atoms with Crippen LogP contribution < -0.4 is 11.5 Å². The minimum Gasteiger partial charge on any atom is -0.383 e. The molecule has 5 heteroatoms. The van der Waals surface area contributed by atoms with Gasteiger partial charge in [-0.05, 0) is 18.8 Å². The molecular weight excluding hydrogens is 236 g/mol. The van der Waals surface area contributed by atoms with Gasteiger partial charge in [-0.1, -0.05) is 44.7 Å². The van der Waals surface area contributed by atoms with E-state index in [1.54, 1.807) is 0 Å². The molecule has 1 aromatic rings. The van der Waals surface area contributed by atoms with Gasteiger partial charge in [0.15, 0.2) is 0 Å². The first kappa shape index (κ1) is 14.0. The molecule has 0 unspecified atom stereocenters. The maximum atomic E-state index is 5.99. The molecule has 0 radical (unpaired) electrons. The molecule has 0 aliphatic carbocycles. The van der Waals surface area contributed by atoms with Gasteiger partial charge in [-0.25, -0.2) is 4.98 Å². The highest BCUT2D eigenvalue weighted by Crippen LogP contribution is 2.22. The fourth-order valence-electron chi connectivity index (χ4n) is 1.75. The number of halogens is 1. The van der Waals surface area contributed by atoms with Crippen molar-refractivity contribution in [3.05, 3.63) is 10.7 Å². The highest BCUT2D eigenvalue weighted by atomic mass is 35.5. The summed E-state index contributed by atoms with van der Waals surface area (Å²) in [6.45, 7) is 4.48. The van der Waals surface area contributed by atoms with Gasteiger partial charge < -0.3 is 11.5 Å². The van der Waals surface area contributed by atoms with Crippen LogP contribution in [0.3, 0.4) is 0 Å². The van der Waals surface area contributed by atoms with Crippen molar-refractivity contribution in [2.75, 3.05) is 11.5 Å². The third-order valence-electron chi connectivity index (χ3n) is 2.71. The maximum absolute atomic E-state index is 5.99. The summed E-state index contributed by atoms with van der Waals surface area (Å²) < 4.78 is 0. The van der Waals surface area contributed by atoms with Crippen molar-refractivity contribution >= 4 is 23.4 Å². The molecule has 0 fully saturated rings. The molecule has 0 aromatic carbocycles. The second-order valence-electron chi connectivity index (χ2n) is 4.73. The topological polar surface area (TPSA) is 77.8 Å². The van der Waals surface area contributed by atoms with Crippen molar-refractivity contribution in [1.29, 1.82) is 0 Å². The standard InChI is InChI=1S/C12H21ClN4/c1-8(2)6-4-3-5-7-9-10(13)16-12(15)17-11(9)14/h8H,3-7H2,1-2H3,(H4,14,15,16,17). The van der Waals surface area contributed by atoms with Gasteiger partial charge in [-0.3, -0.25) is 0 Å². The number of aromatic nitrogens is 2. The molecule has 96 valence electrons. The predicted molar refractivity (Wildman–Crippen MR) is 72.9 cm³/mol. The minimum absolute atomic E-state index is 0.135. The first-order valence-electron chi connectivity index (χ1n) is 6.08. The summed E-state index contributed by atoms with van der Waals surface area (Å²) >= 11 is 5.99. The summed E-state index contributed by atoms with van der Waals surface area (Å²) in [5.41, 5.74) is 12.0. The van der Waals surface area contributed by atoms with Crippen LogP contribution >= 0.6 is 11.6 Å². The molecule has 0 spiro atoms. The van der Waals surface area contributed by atoms with E-state index >= 15 is 0 Å². The number of anilines is 2. The van der Waals surface area contributed by atoms with Crippen molar-refractivity contribution in [1.82, 2.24) is 9.97 Å². The Morgan fingerprint density at radius 2 is 1.82 bits per heavy atom. The lowest BCUT2D eigenvalue weighted by Gasteiger charge is -2.08. The van der Waals surface area contributed by atoms with E-state index in [0.29, 0.717) is 11.0 Å². The molecule has 0 bridgehead atoms. The molecule has 4 N–H and O–H groups in total. The van der Waals surface area contributed by atoms with Crippen LogP contribution in [0.1, 0.15) is 45.1 Å². The van der Waals surface area contributed by atoms with E-state index in [-0.39, 0.29) is 5.95 Å². The summed E-state index contributed by atoms with van der Waals surface area (Å²) in [6.07, 6.45) is 5.57. The molecule has 1 rings (SSSR count). The summed E-state index contributed by atoms with van der Waals surface area (Å²) in [5, 5.41) is 0.388. The third kappa shape index (κ3) is 4.77. The average molecular weight is 257 g/mol. The molecule has 0 amide bonds. The van der Waals surface area contributed by atoms with Gasteiger partial charge in [0.25, 0.3) is 0 Å². The number of unbranched alkanes of at least 4 members (excludes halogenated alkanes) is 2. The molecule has 17 heavy (non-hydrogen) atoms. The molecular formula is C12H21ClN4. The molecule has 1 heterocycles. The molecule has 0 saturated heterocycles. The van der Waals surface area contributed by atoms with Crippen LogP contribution in [0.25, 0.3) is 0 Å². The van der Waals surface area contributed by atoms with Crippen LogP contribution in [0.4, 0.5) is 11.8 Å². The van der Waals surface area contributed by atoms with E-state index in [2.05, 4.69) is 23.8 Å². The number of nitrogens with zero attached hydrogens (tertiary/aromatic N) is 2. The third-order valence-corrected chi connectivity index (χ3v) is 3.03. The smallest absolute Gasteiger partial charge is 0.223 e. The molecule has 0 atom stereocenters. The Labute approximate surface area is 108 Å². The Kier molecular flexibility index (Phi) is 5.48. The second-order valence-corrected chi connectivity index (χ2v) is 5.09. The lowest BCUT2D eigenvalue weighted by molar-refractivity contribution is 0.527. The molecule has 1 aromatic heterocycles. The first-order chi connectivity index (χ1) is 8.00.